The van der Waals surface area contributed by atoms with E-state index in [1.807, 2.05) is 36.4 Å². The van der Waals surface area contributed by atoms with E-state index in [0.29, 0.717) is 12.1 Å². The Bertz CT molecular complexity index is 1180. The fourth-order valence-electron chi connectivity index (χ4n) is 3.42. The number of nitrogens with one attached hydrogen (secondary N) is 2. The average Bonchev–Trinajstić information content (AvgIpc) is 3.28. The molecule has 176 valence electrons. The first-order valence-electron chi connectivity index (χ1n) is 10.8. The molecule has 0 radical (unpaired) electrons. The van der Waals surface area contributed by atoms with Crippen molar-refractivity contribution >= 4 is 15.9 Å². The molecule has 2 aromatic carbocycles. The van der Waals surface area contributed by atoms with Crippen LogP contribution >= 0.6 is 0 Å². The van der Waals surface area contributed by atoms with E-state index < -0.39 is 10.0 Å². The van der Waals surface area contributed by atoms with Gasteiger partial charge in [0.2, 0.25) is 10.0 Å². The second kappa shape index (κ2) is 11.2. The van der Waals surface area contributed by atoms with Gasteiger partial charge in [0.25, 0.3) is 5.91 Å². The molecule has 0 atom stereocenters. The highest BCUT2D eigenvalue weighted by Crippen LogP contribution is 2.19. The third-order valence-corrected chi connectivity index (χ3v) is 6.79. The van der Waals surface area contributed by atoms with E-state index in [9.17, 15) is 13.2 Å². The van der Waals surface area contributed by atoms with E-state index >= 15 is 0 Å². The van der Waals surface area contributed by atoms with Crippen molar-refractivity contribution in [3.63, 3.8) is 0 Å². The molecule has 0 saturated heterocycles. The quantitative estimate of drug-likeness (QED) is 0.419. The molecule has 0 aliphatic carbocycles. The molecule has 0 aliphatic heterocycles. The number of carbonyl (C=O) groups is 1. The predicted molar refractivity (Wildman–Crippen MR) is 128 cm³/mol. The number of hydrogen-bond acceptors (Lipinski definition) is 5. The minimum absolute atomic E-state index is 0.0619. The maximum atomic E-state index is 13.0. The molecule has 0 spiro atoms. The number of aromatic nitrogens is 2. The number of sulfonamides is 1. The van der Waals surface area contributed by atoms with Gasteiger partial charge in [0.1, 0.15) is 0 Å². The van der Waals surface area contributed by atoms with Crippen LogP contribution in [0.25, 0.3) is 11.3 Å². The molecule has 0 bridgehead atoms. The van der Waals surface area contributed by atoms with Crippen molar-refractivity contribution < 1.29 is 17.9 Å². The van der Waals surface area contributed by atoms with Crippen LogP contribution in [-0.4, -0.2) is 63.3 Å². The van der Waals surface area contributed by atoms with Gasteiger partial charge < -0.3 is 9.64 Å². The van der Waals surface area contributed by atoms with Gasteiger partial charge in [-0.1, -0.05) is 36.4 Å². The number of aryl methyl sites for hydroxylation is 2. The third kappa shape index (κ3) is 6.50. The number of aromatic amines is 1. The topological polar surface area (TPSA) is 104 Å². The molecule has 8 nitrogen and oxygen atoms in total. The summed E-state index contributed by atoms with van der Waals surface area (Å²) in [5.74, 6) is -0.212. The van der Waals surface area contributed by atoms with Crippen molar-refractivity contribution in [2.24, 2.45) is 0 Å². The van der Waals surface area contributed by atoms with E-state index in [0.717, 1.165) is 35.4 Å². The summed E-state index contributed by atoms with van der Waals surface area (Å²) in [5.41, 5.74) is 4.04. The highest BCUT2D eigenvalue weighted by Gasteiger charge is 2.20. The summed E-state index contributed by atoms with van der Waals surface area (Å²) in [5, 5.41) is 7.42. The van der Waals surface area contributed by atoms with Crippen molar-refractivity contribution in [2.75, 3.05) is 33.9 Å². The molecule has 3 aromatic rings. The molecule has 1 aromatic heterocycles. The standard InChI is InChI=1S/C24H30N4O4S/c1-18-11-12-21(33(30,31)25-13-15-32-3)17-22(18)24(29)28(2)14-7-10-20-16-23(27-26-20)19-8-5-4-6-9-19/h4-6,8-9,11-12,16-17,25H,7,10,13-15H2,1-3H3,(H,26,27). The van der Waals surface area contributed by atoms with Gasteiger partial charge in [0.15, 0.2) is 0 Å². The second-order valence-electron chi connectivity index (χ2n) is 7.84. The molecule has 0 aliphatic rings. The Kier molecular flexibility index (Phi) is 8.37. The van der Waals surface area contributed by atoms with Crippen molar-refractivity contribution in [1.82, 2.24) is 19.8 Å². The Labute approximate surface area is 195 Å². The number of hydrogen-bond donors (Lipinski definition) is 2. The van der Waals surface area contributed by atoms with Gasteiger partial charge in [-0.25, -0.2) is 13.1 Å². The number of benzene rings is 2. The van der Waals surface area contributed by atoms with Crippen LogP contribution in [0.3, 0.4) is 0 Å². The van der Waals surface area contributed by atoms with Gasteiger partial charge in [0, 0.05) is 44.1 Å². The molecule has 33 heavy (non-hydrogen) atoms. The summed E-state index contributed by atoms with van der Waals surface area (Å²) in [4.78, 5) is 14.7. The maximum absolute atomic E-state index is 13.0. The second-order valence-corrected chi connectivity index (χ2v) is 9.61. The van der Waals surface area contributed by atoms with E-state index in [4.69, 9.17) is 4.74 Å². The van der Waals surface area contributed by atoms with Crippen LogP contribution in [0.2, 0.25) is 0 Å². The van der Waals surface area contributed by atoms with Crippen LogP contribution in [0.5, 0.6) is 0 Å². The zero-order valence-electron chi connectivity index (χ0n) is 19.2. The van der Waals surface area contributed by atoms with Crippen molar-refractivity contribution in [2.45, 2.75) is 24.7 Å². The number of ether oxygens (including phenoxy) is 1. The lowest BCUT2D eigenvalue weighted by Crippen LogP contribution is -2.30. The Morgan fingerprint density at radius 1 is 1.15 bits per heavy atom. The lowest BCUT2D eigenvalue weighted by molar-refractivity contribution is 0.0792. The zero-order chi connectivity index (χ0) is 23.8. The largest absolute Gasteiger partial charge is 0.383 e. The normalized spacial score (nSPS) is 11.5. The lowest BCUT2D eigenvalue weighted by atomic mass is 10.1. The summed E-state index contributed by atoms with van der Waals surface area (Å²) < 4.78 is 32.3. The highest BCUT2D eigenvalue weighted by molar-refractivity contribution is 7.89. The van der Waals surface area contributed by atoms with Gasteiger partial charge in [-0.2, -0.15) is 5.10 Å². The Morgan fingerprint density at radius 3 is 2.64 bits per heavy atom. The van der Waals surface area contributed by atoms with Crippen molar-refractivity contribution in [1.29, 1.82) is 0 Å². The molecule has 0 unspecified atom stereocenters. The molecule has 1 amide bonds. The first-order valence-corrected chi connectivity index (χ1v) is 12.2. The fraction of sp³-hybridized carbons (Fsp3) is 0.333. The van der Waals surface area contributed by atoms with Gasteiger partial charge in [0.05, 0.1) is 17.2 Å². The van der Waals surface area contributed by atoms with Gasteiger partial charge >= 0.3 is 0 Å². The van der Waals surface area contributed by atoms with E-state index in [1.54, 1.807) is 24.9 Å². The molecule has 9 heteroatoms. The molecule has 0 saturated carbocycles. The average molecular weight is 471 g/mol. The van der Waals surface area contributed by atoms with Crippen LogP contribution in [-0.2, 0) is 21.2 Å². The fourth-order valence-corrected chi connectivity index (χ4v) is 4.46. The van der Waals surface area contributed by atoms with Crippen LogP contribution in [0.15, 0.2) is 59.5 Å². The predicted octanol–water partition coefficient (Wildman–Crippen LogP) is 3.01. The summed E-state index contributed by atoms with van der Waals surface area (Å²) >= 11 is 0. The summed E-state index contributed by atoms with van der Waals surface area (Å²) in [6.45, 7) is 2.75. The SMILES string of the molecule is COCCNS(=O)(=O)c1ccc(C)c(C(=O)N(C)CCCc2cc(-c3ccccc3)n[nH]2)c1. The van der Waals surface area contributed by atoms with Crippen molar-refractivity contribution in [3.8, 4) is 11.3 Å². The van der Waals surface area contributed by atoms with Gasteiger partial charge in [-0.3, -0.25) is 9.89 Å². The molecule has 0 fully saturated rings. The first kappa shape index (κ1) is 24.6. The van der Waals surface area contributed by atoms with E-state index in [1.165, 1.54) is 19.2 Å². The summed E-state index contributed by atoms with van der Waals surface area (Å²) in [6.07, 6.45) is 1.49. The number of amides is 1. The monoisotopic (exact) mass is 470 g/mol. The van der Waals surface area contributed by atoms with Gasteiger partial charge in [-0.05, 0) is 43.5 Å². The highest BCUT2D eigenvalue weighted by atomic mass is 32.2. The first-order chi connectivity index (χ1) is 15.8. The van der Waals surface area contributed by atoms with Crippen LogP contribution < -0.4 is 4.72 Å². The van der Waals surface area contributed by atoms with E-state index in [-0.39, 0.29) is 24.0 Å². The molecular weight excluding hydrogens is 440 g/mol. The van der Waals surface area contributed by atoms with Crippen LogP contribution in [0.1, 0.15) is 28.0 Å². The third-order valence-electron chi connectivity index (χ3n) is 5.33. The Morgan fingerprint density at radius 2 is 1.91 bits per heavy atom. The van der Waals surface area contributed by atoms with Crippen LogP contribution in [0, 0.1) is 6.92 Å². The smallest absolute Gasteiger partial charge is 0.253 e. The van der Waals surface area contributed by atoms with Crippen LogP contribution in [0.4, 0.5) is 0 Å². The summed E-state index contributed by atoms with van der Waals surface area (Å²) in [6, 6.07) is 16.5. The molecule has 2 N–H and O–H groups in total. The van der Waals surface area contributed by atoms with E-state index in [2.05, 4.69) is 14.9 Å². The number of methoxy groups -OCH3 is 1. The number of rotatable bonds is 11. The molecule has 3 rings (SSSR count). The Hall–Kier alpha value is -3.01. The molecule has 1 heterocycles. The number of carbonyl (C=O) groups excluding carboxylic acids is 1. The zero-order valence-corrected chi connectivity index (χ0v) is 20.0. The molecular formula is C24H30N4O4S. The van der Waals surface area contributed by atoms with Crippen molar-refractivity contribution in [3.05, 3.63) is 71.4 Å². The minimum atomic E-state index is -3.72. The Balaban J connectivity index is 1.60. The lowest BCUT2D eigenvalue weighted by Gasteiger charge is -2.19. The number of nitrogens with zero attached hydrogens (tertiary/aromatic N) is 2. The summed E-state index contributed by atoms with van der Waals surface area (Å²) in [7, 11) is -0.491. The van der Waals surface area contributed by atoms with Gasteiger partial charge in [-0.15, -0.1) is 0 Å². The minimum Gasteiger partial charge on any atom is -0.383 e. The maximum Gasteiger partial charge on any atom is 0.253 e. The number of H-pyrrole nitrogens is 1.